The Bertz CT molecular complexity index is 11.6. The fourth-order valence-electron chi connectivity index (χ4n) is 0. The van der Waals surface area contributed by atoms with Crippen LogP contribution >= 0.6 is 0 Å². The monoisotopic (exact) mass is 328 g/mol. The molecule has 20 valence electrons. The molecule has 0 amide bonds. The Morgan fingerprint density at radius 2 is 1.20 bits per heavy atom. The van der Waals surface area contributed by atoms with E-state index in [1.807, 2.05) is 0 Å². The zero-order valence-electron chi connectivity index (χ0n) is 2.64. The zero-order chi connectivity index (χ0) is 2.00. The molecule has 0 aromatic heterocycles. The summed E-state index contributed by atoms with van der Waals surface area (Å²) in [6.45, 7) is 0. The van der Waals surface area contributed by atoms with E-state index in [0.717, 1.165) is 0 Å². The summed E-state index contributed by atoms with van der Waals surface area (Å²) in [4.78, 5) is 0. The van der Waals surface area contributed by atoms with Gasteiger partial charge in [-0.3, -0.25) is 0 Å². The fraction of sp³-hybridized carbons (Fsp3) is 0. The normalized spacial score (nSPS) is 0.600. The zero-order valence-corrected chi connectivity index (χ0v) is 10.1. The van der Waals surface area contributed by atoms with Crippen LogP contribution in [0.25, 0.3) is 0 Å². The van der Waals surface area contributed by atoms with Crippen LogP contribution in [0.1, 0.15) is 0 Å². The molecule has 0 bridgehead atoms. The van der Waals surface area contributed by atoms with Gasteiger partial charge in [-0.25, -0.2) is 0 Å². The maximum absolute atomic E-state index is 7.75. The van der Waals surface area contributed by atoms with Gasteiger partial charge in [-0.15, -0.1) is 0 Å². The fourth-order valence-corrected chi connectivity index (χ4v) is 0. The third-order valence-corrected chi connectivity index (χ3v) is 0. The summed E-state index contributed by atoms with van der Waals surface area (Å²) in [5.74, 6) is 0. The van der Waals surface area contributed by atoms with Gasteiger partial charge in [0.05, 0.1) is 0 Å². The molecule has 0 aromatic rings. The van der Waals surface area contributed by atoms with Crippen molar-refractivity contribution in [2.45, 2.75) is 0 Å². The second kappa shape index (κ2) is 46.6. The number of rotatable bonds is 0. The van der Waals surface area contributed by atoms with Crippen molar-refractivity contribution < 1.29 is 24.2 Å². The van der Waals surface area contributed by atoms with E-state index in [0.29, 0.717) is 0 Å². The van der Waals surface area contributed by atoms with Gasteiger partial charge in [0.1, 0.15) is 0 Å². The summed E-state index contributed by atoms with van der Waals surface area (Å²) >= 11 is 0. The molecule has 0 heterocycles. The Morgan fingerprint density at radius 1 is 1.20 bits per heavy atom. The SMILES string of the molecule is [B]=O.[Bi].[Si].[Zn]. The molecular formula is BBiOSiZn. The van der Waals surface area contributed by atoms with Gasteiger partial charge < -0.3 is 0 Å². The van der Waals surface area contributed by atoms with Crippen LogP contribution in [0.3, 0.4) is 0 Å². The summed E-state index contributed by atoms with van der Waals surface area (Å²) < 4.78 is 7.75. The molecule has 0 saturated heterocycles. The van der Waals surface area contributed by atoms with Crippen molar-refractivity contribution in [2.75, 3.05) is 0 Å². The third-order valence-electron chi connectivity index (χ3n) is 0. The Morgan fingerprint density at radius 3 is 1.20 bits per heavy atom. The Labute approximate surface area is 68.6 Å². The Kier molecular flexibility index (Phi) is 286. The molecule has 8 radical (unpaired) electrons. The van der Waals surface area contributed by atoms with Crippen molar-refractivity contribution in [1.29, 1.82) is 0 Å². The first-order chi connectivity index (χ1) is 1.00. The quantitative estimate of drug-likeness (QED) is 0.507. The van der Waals surface area contributed by atoms with Gasteiger partial charge in [0.2, 0.25) is 0 Å². The molecule has 0 aliphatic carbocycles. The van der Waals surface area contributed by atoms with Crippen molar-refractivity contribution in [3.05, 3.63) is 0 Å². The van der Waals surface area contributed by atoms with Crippen molar-refractivity contribution in [3.63, 3.8) is 0 Å². The minimum atomic E-state index is 0. The summed E-state index contributed by atoms with van der Waals surface area (Å²) in [6.07, 6.45) is 0. The second-order valence-electron chi connectivity index (χ2n) is 0. The molecule has 0 N–H and O–H groups in total. The topological polar surface area (TPSA) is 17.1 Å². The summed E-state index contributed by atoms with van der Waals surface area (Å²) in [5, 5.41) is 0. The molecule has 5 heavy (non-hydrogen) atoms. The van der Waals surface area contributed by atoms with Crippen molar-refractivity contribution in [3.8, 4) is 0 Å². The summed E-state index contributed by atoms with van der Waals surface area (Å²) in [5.41, 5.74) is 0. The van der Waals surface area contributed by atoms with Crippen LogP contribution in [0, 0.1) is 0 Å². The molecule has 0 aliphatic heterocycles. The first-order valence-corrected chi connectivity index (χ1v) is 0.236. The molecule has 0 saturated carbocycles. The maximum atomic E-state index is 7.75. The minimum Gasteiger partial charge on any atom is 0 e. The minimum absolute atomic E-state index is 0. The van der Waals surface area contributed by atoms with Crippen LogP contribution in [0.15, 0.2) is 0 Å². The molecule has 0 unspecified atom stereocenters. The molecule has 0 atom stereocenters. The van der Waals surface area contributed by atoms with Gasteiger partial charge in [0.15, 0.2) is 0 Å². The van der Waals surface area contributed by atoms with Crippen LogP contribution in [0.2, 0.25) is 0 Å². The van der Waals surface area contributed by atoms with Crippen molar-refractivity contribution in [2.24, 2.45) is 0 Å². The van der Waals surface area contributed by atoms with E-state index in [4.69, 9.17) is 4.70 Å². The molecule has 0 aromatic carbocycles. The van der Waals surface area contributed by atoms with E-state index in [-0.39, 0.29) is 56.6 Å². The average molecular weight is 329 g/mol. The maximum Gasteiger partial charge on any atom is 0 e. The van der Waals surface area contributed by atoms with Gasteiger partial charge in [-0.2, -0.15) is 0 Å². The third kappa shape index (κ3) is 28.5. The largest absolute Gasteiger partial charge is 0 e. The van der Waals surface area contributed by atoms with E-state index < -0.39 is 0 Å². The molecule has 5 heteroatoms. The van der Waals surface area contributed by atoms with Gasteiger partial charge in [-0.1, -0.05) is 0 Å². The van der Waals surface area contributed by atoms with E-state index in [2.05, 4.69) is 7.72 Å². The standard InChI is InChI=1S/BO.Bi.Si.Zn/c1-2;;;. The van der Waals surface area contributed by atoms with E-state index in [1.54, 1.807) is 0 Å². The smallest absolute Gasteiger partial charge is 0 e. The van der Waals surface area contributed by atoms with E-state index >= 15 is 0 Å². The Hall–Kier alpha value is 1.59. The summed E-state index contributed by atoms with van der Waals surface area (Å²) in [6, 6.07) is 0. The molecule has 0 rings (SSSR count). The van der Waals surface area contributed by atoms with Crippen LogP contribution in [0.5, 0.6) is 0 Å². The number of hydrogen-bond donors (Lipinski definition) is 0. The average Bonchev–Trinajstić information content (AvgIpc) is 1.00. The predicted octanol–water partition coefficient (Wildman–Crippen LogP) is -1.26. The van der Waals surface area contributed by atoms with E-state index in [1.165, 1.54) is 0 Å². The van der Waals surface area contributed by atoms with Crippen LogP contribution in [-0.4, -0.2) is 44.9 Å². The van der Waals surface area contributed by atoms with Crippen molar-refractivity contribution in [1.82, 2.24) is 0 Å². The van der Waals surface area contributed by atoms with Crippen LogP contribution in [-0.2, 0) is 24.2 Å². The van der Waals surface area contributed by atoms with Crippen LogP contribution < -0.4 is 0 Å². The second-order valence-corrected chi connectivity index (χ2v) is 0. The Balaban J connectivity index is -0.00000000167. The van der Waals surface area contributed by atoms with Crippen LogP contribution in [0.4, 0.5) is 0 Å². The molecule has 0 fully saturated rings. The van der Waals surface area contributed by atoms with Crippen molar-refractivity contribution >= 4 is 44.9 Å². The van der Waals surface area contributed by atoms with Gasteiger partial charge >= 0.3 is 12.4 Å². The predicted molar refractivity (Wildman–Crippen MR) is 17.9 cm³/mol. The summed E-state index contributed by atoms with van der Waals surface area (Å²) in [7, 11) is 3.25. The van der Waals surface area contributed by atoms with Gasteiger partial charge in [0, 0.05) is 56.6 Å². The number of hydrogen-bond acceptors (Lipinski definition) is 1. The van der Waals surface area contributed by atoms with Gasteiger partial charge in [0.25, 0.3) is 0 Å². The molecule has 0 aliphatic rings. The van der Waals surface area contributed by atoms with Gasteiger partial charge in [-0.05, 0) is 0 Å². The first-order valence-electron chi connectivity index (χ1n) is 0.236. The molecule has 0 spiro atoms. The van der Waals surface area contributed by atoms with E-state index in [9.17, 15) is 0 Å². The first kappa shape index (κ1) is 30.7. The molecule has 1 nitrogen and oxygen atoms in total. The molecular weight excluding hydrogens is 329 g/mol.